The number of halogens is 2. The van der Waals surface area contributed by atoms with Crippen molar-refractivity contribution in [2.75, 3.05) is 13.2 Å². The average molecular weight is 358 g/mol. The molecule has 2 aliphatic heterocycles. The summed E-state index contributed by atoms with van der Waals surface area (Å²) in [5.74, 6) is 0.0242. The quantitative estimate of drug-likeness (QED) is 0.893. The fraction of sp³-hybridized carbons (Fsp3) is 0.588. The summed E-state index contributed by atoms with van der Waals surface area (Å²) in [6, 6.07) is 5.54. The molecule has 0 bridgehead atoms. The number of carbonyl (C=O) groups excluding carboxylic acids is 1. The van der Waals surface area contributed by atoms with Crippen LogP contribution in [-0.2, 0) is 19.7 Å². The van der Waals surface area contributed by atoms with Crippen LogP contribution in [0.15, 0.2) is 18.2 Å². The first-order chi connectivity index (χ1) is 11.0. The number of hydrogen-bond donors (Lipinski definition) is 1. The van der Waals surface area contributed by atoms with E-state index in [1.807, 2.05) is 19.1 Å². The van der Waals surface area contributed by atoms with E-state index in [1.165, 1.54) is 0 Å². The van der Waals surface area contributed by atoms with Gasteiger partial charge in [0.25, 0.3) is 0 Å². The molecule has 1 amide bonds. The number of amides is 1. The van der Waals surface area contributed by atoms with Crippen molar-refractivity contribution in [3.8, 4) is 0 Å². The molecule has 126 valence electrons. The predicted octanol–water partition coefficient (Wildman–Crippen LogP) is 3.68. The zero-order valence-corrected chi connectivity index (χ0v) is 14.6. The summed E-state index contributed by atoms with van der Waals surface area (Å²) in [7, 11) is 0. The molecule has 3 rings (SSSR count). The van der Waals surface area contributed by atoms with Crippen LogP contribution in [0.1, 0.15) is 38.2 Å². The van der Waals surface area contributed by atoms with Crippen LogP contribution in [0, 0.1) is 0 Å². The Bertz CT molecular complexity index is 589. The Hall–Kier alpha value is -0.810. The molecule has 2 heterocycles. The highest BCUT2D eigenvalue weighted by Crippen LogP contribution is 2.39. The molecule has 6 heteroatoms. The Kier molecular flexibility index (Phi) is 5.16. The summed E-state index contributed by atoms with van der Waals surface area (Å²) in [6.07, 6.45) is 3.07. The highest BCUT2D eigenvalue weighted by molar-refractivity contribution is 6.42. The van der Waals surface area contributed by atoms with Crippen LogP contribution in [0.4, 0.5) is 0 Å². The Morgan fingerprint density at radius 3 is 2.78 bits per heavy atom. The minimum absolute atomic E-state index is 0.0242. The SMILES string of the molecule is CC(OC1CCCCO1)C1(c2ccc(Cl)c(Cl)c2)CNC(=O)C1. The molecule has 1 N–H and O–H groups in total. The molecule has 1 aromatic carbocycles. The van der Waals surface area contributed by atoms with Gasteiger partial charge >= 0.3 is 0 Å². The van der Waals surface area contributed by atoms with Gasteiger partial charge in [-0.15, -0.1) is 0 Å². The van der Waals surface area contributed by atoms with E-state index in [0.717, 1.165) is 31.4 Å². The lowest BCUT2D eigenvalue weighted by Crippen LogP contribution is -2.44. The van der Waals surface area contributed by atoms with Crippen molar-refractivity contribution in [1.82, 2.24) is 5.32 Å². The normalized spacial score (nSPS) is 29.3. The van der Waals surface area contributed by atoms with Gasteiger partial charge < -0.3 is 14.8 Å². The van der Waals surface area contributed by atoms with Gasteiger partial charge in [-0.2, -0.15) is 0 Å². The van der Waals surface area contributed by atoms with Crippen molar-refractivity contribution in [2.24, 2.45) is 0 Å². The van der Waals surface area contributed by atoms with Gasteiger partial charge in [-0.05, 0) is 43.9 Å². The molecule has 2 fully saturated rings. The maximum Gasteiger partial charge on any atom is 0.221 e. The van der Waals surface area contributed by atoms with Gasteiger partial charge in [0.05, 0.1) is 16.1 Å². The molecule has 0 spiro atoms. The third kappa shape index (κ3) is 3.50. The van der Waals surface area contributed by atoms with E-state index in [1.54, 1.807) is 6.07 Å². The van der Waals surface area contributed by atoms with E-state index in [-0.39, 0.29) is 18.3 Å². The number of carbonyl (C=O) groups is 1. The number of benzene rings is 1. The third-order valence-electron chi connectivity index (χ3n) is 4.84. The van der Waals surface area contributed by atoms with Crippen molar-refractivity contribution in [3.63, 3.8) is 0 Å². The van der Waals surface area contributed by atoms with Crippen molar-refractivity contribution >= 4 is 29.1 Å². The predicted molar refractivity (Wildman–Crippen MR) is 89.9 cm³/mol. The fourth-order valence-electron chi connectivity index (χ4n) is 3.38. The molecule has 1 aromatic rings. The molecule has 2 aliphatic rings. The molecule has 0 aliphatic carbocycles. The first-order valence-electron chi connectivity index (χ1n) is 8.00. The summed E-state index contributed by atoms with van der Waals surface area (Å²) < 4.78 is 11.8. The van der Waals surface area contributed by atoms with Crippen LogP contribution in [-0.4, -0.2) is 31.5 Å². The number of ether oxygens (including phenoxy) is 2. The molecule has 2 saturated heterocycles. The number of rotatable bonds is 4. The maximum absolute atomic E-state index is 11.9. The fourth-order valence-corrected chi connectivity index (χ4v) is 3.67. The topological polar surface area (TPSA) is 47.6 Å². The van der Waals surface area contributed by atoms with Crippen molar-refractivity contribution in [1.29, 1.82) is 0 Å². The Morgan fingerprint density at radius 1 is 1.35 bits per heavy atom. The largest absolute Gasteiger partial charge is 0.355 e. The van der Waals surface area contributed by atoms with E-state index in [4.69, 9.17) is 32.7 Å². The summed E-state index contributed by atoms with van der Waals surface area (Å²) >= 11 is 12.2. The average Bonchev–Trinajstić information content (AvgIpc) is 2.94. The molecule has 4 nitrogen and oxygen atoms in total. The summed E-state index contributed by atoms with van der Waals surface area (Å²) in [4.78, 5) is 11.9. The lowest BCUT2D eigenvalue weighted by molar-refractivity contribution is -0.197. The number of hydrogen-bond acceptors (Lipinski definition) is 3. The van der Waals surface area contributed by atoms with Gasteiger partial charge in [-0.25, -0.2) is 0 Å². The minimum Gasteiger partial charge on any atom is -0.355 e. The summed E-state index contributed by atoms with van der Waals surface area (Å²) in [5.41, 5.74) is 0.514. The Morgan fingerprint density at radius 2 is 2.17 bits per heavy atom. The first kappa shape index (κ1) is 17.0. The molecule has 3 unspecified atom stereocenters. The van der Waals surface area contributed by atoms with Gasteiger partial charge in [0.2, 0.25) is 5.91 Å². The molecule has 0 aromatic heterocycles. The van der Waals surface area contributed by atoms with Gasteiger partial charge in [0.1, 0.15) is 0 Å². The standard InChI is InChI=1S/C17H21Cl2NO3/c1-11(23-16-4-2-3-7-22-16)17(9-15(21)20-10-17)12-5-6-13(18)14(19)8-12/h5-6,8,11,16H,2-4,7,9-10H2,1H3,(H,20,21). The smallest absolute Gasteiger partial charge is 0.221 e. The molecular formula is C17H21Cl2NO3. The van der Waals surface area contributed by atoms with Crippen LogP contribution >= 0.6 is 23.2 Å². The first-order valence-corrected chi connectivity index (χ1v) is 8.76. The van der Waals surface area contributed by atoms with Crippen LogP contribution in [0.5, 0.6) is 0 Å². The Labute approximate surface area is 146 Å². The van der Waals surface area contributed by atoms with E-state index >= 15 is 0 Å². The monoisotopic (exact) mass is 357 g/mol. The van der Waals surface area contributed by atoms with Gasteiger partial charge in [-0.3, -0.25) is 4.79 Å². The van der Waals surface area contributed by atoms with E-state index in [9.17, 15) is 4.79 Å². The highest BCUT2D eigenvalue weighted by atomic mass is 35.5. The van der Waals surface area contributed by atoms with E-state index in [2.05, 4.69) is 5.32 Å². The van der Waals surface area contributed by atoms with Crippen LogP contribution < -0.4 is 5.32 Å². The maximum atomic E-state index is 11.9. The van der Waals surface area contributed by atoms with Gasteiger partial charge in [0.15, 0.2) is 6.29 Å². The van der Waals surface area contributed by atoms with Gasteiger partial charge in [-0.1, -0.05) is 29.3 Å². The van der Waals surface area contributed by atoms with Crippen LogP contribution in [0.3, 0.4) is 0 Å². The second-order valence-electron chi connectivity index (χ2n) is 6.31. The minimum atomic E-state index is -0.452. The van der Waals surface area contributed by atoms with Gasteiger partial charge in [0, 0.05) is 25.0 Å². The van der Waals surface area contributed by atoms with Crippen molar-refractivity contribution < 1.29 is 14.3 Å². The van der Waals surface area contributed by atoms with E-state index in [0.29, 0.717) is 23.0 Å². The van der Waals surface area contributed by atoms with Crippen molar-refractivity contribution in [2.45, 2.75) is 50.4 Å². The third-order valence-corrected chi connectivity index (χ3v) is 5.58. The lowest BCUT2D eigenvalue weighted by atomic mass is 9.75. The number of nitrogens with one attached hydrogen (secondary N) is 1. The lowest BCUT2D eigenvalue weighted by Gasteiger charge is -2.37. The summed E-state index contributed by atoms with van der Waals surface area (Å²) in [5, 5.41) is 3.92. The molecular weight excluding hydrogens is 337 g/mol. The Balaban J connectivity index is 1.86. The molecule has 0 radical (unpaired) electrons. The highest BCUT2D eigenvalue weighted by Gasteiger charge is 2.46. The summed E-state index contributed by atoms with van der Waals surface area (Å²) in [6.45, 7) is 3.26. The second-order valence-corrected chi connectivity index (χ2v) is 7.13. The molecule has 23 heavy (non-hydrogen) atoms. The zero-order valence-electron chi connectivity index (χ0n) is 13.1. The van der Waals surface area contributed by atoms with E-state index < -0.39 is 5.41 Å². The van der Waals surface area contributed by atoms with Crippen LogP contribution in [0.2, 0.25) is 10.0 Å². The molecule has 0 saturated carbocycles. The zero-order chi connectivity index (χ0) is 16.4. The molecule has 3 atom stereocenters. The van der Waals surface area contributed by atoms with Crippen LogP contribution in [0.25, 0.3) is 0 Å². The van der Waals surface area contributed by atoms with Crippen molar-refractivity contribution in [3.05, 3.63) is 33.8 Å². The second kappa shape index (κ2) is 6.98.